The summed E-state index contributed by atoms with van der Waals surface area (Å²) in [5.41, 5.74) is 1.70. The molecule has 0 spiro atoms. The van der Waals surface area contributed by atoms with E-state index in [4.69, 9.17) is 14.2 Å². The lowest BCUT2D eigenvalue weighted by atomic mass is 10.1. The van der Waals surface area contributed by atoms with Crippen molar-refractivity contribution in [2.75, 3.05) is 18.5 Å². The number of rotatable bonds is 6. The molecular weight excluding hydrogens is 433 g/mol. The van der Waals surface area contributed by atoms with Gasteiger partial charge in [-0.15, -0.1) is 0 Å². The maximum Gasteiger partial charge on any atom is 0.262 e. The van der Waals surface area contributed by atoms with Crippen LogP contribution in [0.3, 0.4) is 0 Å². The van der Waals surface area contributed by atoms with Gasteiger partial charge in [-0.25, -0.2) is 0 Å². The van der Waals surface area contributed by atoms with Crippen LogP contribution in [0.4, 0.5) is 5.69 Å². The second kappa shape index (κ2) is 7.95. The van der Waals surface area contributed by atoms with Crippen molar-refractivity contribution >= 4 is 34.2 Å². The Labute approximate surface area is 160 Å². The fourth-order valence-corrected chi connectivity index (χ4v) is 3.22. The molecule has 1 aliphatic rings. The molecule has 1 atom stereocenters. The molecule has 0 aliphatic carbocycles. The summed E-state index contributed by atoms with van der Waals surface area (Å²) < 4.78 is 18.0. The first-order chi connectivity index (χ1) is 12.0. The highest BCUT2D eigenvalue weighted by Crippen LogP contribution is 2.38. The van der Waals surface area contributed by atoms with E-state index in [1.807, 2.05) is 50.2 Å². The number of carbonyl (C=O) groups excluding carboxylic acids is 1. The van der Waals surface area contributed by atoms with Gasteiger partial charge < -0.3 is 19.5 Å². The van der Waals surface area contributed by atoms with Crippen LogP contribution >= 0.6 is 22.6 Å². The standard InChI is InChI=1S/C19H20INO4/c1-3-23-18-8-13-7-12(2)25-17(13)10-16(18)21-19(22)11-24-15-6-4-5-14(20)9-15/h4-6,8-10,12H,3,7,11H2,1-2H3,(H,21,22)/t12-/m1/s1. The number of benzene rings is 2. The lowest BCUT2D eigenvalue weighted by molar-refractivity contribution is -0.118. The van der Waals surface area contributed by atoms with Gasteiger partial charge in [0, 0.05) is 21.6 Å². The molecule has 2 aromatic rings. The summed E-state index contributed by atoms with van der Waals surface area (Å²) in [6.45, 7) is 4.39. The molecule has 0 fully saturated rings. The summed E-state index contributed by atoms with van der Waals surface area (Å²) in [5, 5.41) is 2.85. The van der Waals surface area contributed by atoms with E-state index in [0.29, 0.717) is 23.8 Å². The predicted molar refractivity (Wildman–Crippen MR) is 105 cm³/mol. The average molecular weight is 453 g/mol. The molecule has 0 saturated heterocycles. The van der Waals surface area contributed by atoms with Crippen LogP contribution in [0.25, 0.3) is 0 Å². The highest BCUT2D eigenvalue weighted by Gasteiger charge is 2.22. The summed E-state index contributed by atoms with van der Waals surface area (Å²) in [4.78, 5) is 12.3. The van der Waals surface area contributed by atoms with Gasteiger partial charge in [-0.1, -0.05) is 6.07 Å². The van der Waals surface area contributed by atoms with Crippen molar-refractivity contribution in [3.63, 3.8) is 0 Å². The van der Waals surface area contributed by atoms with Crippen molar-refractivity contribution in [3.05, 3.63) is 45.5 Å². The second-order valence-corrected chi connectivity index (χ2v) is 7.06. The Morgan fingerprint density at radius 1 is 1.32 bits per heavy atom. The number of amides is 1. The summed E-state index contributed by atoms with van der Waals surface area (Å²) in [5.74, 6) is 1.87. The number of anilines is 1. The Hall–Kier alpha value is -1.96. The molecule has 5 nitrogen and oxygen atoms in total. The predicted octanol–water partition coefficient (Wildman–Crippen LogP) is 4.03. The van der Waals surface area contributed by atoms with Crippen LogP contribution in [0.2, 0.25) is 0 Å². The zero-order valence-electron chi connectivity index (χ0n) is 14.2. The smallest absolute Gasteiger partial charge is 0.262 e. The zero-order chi connectivity index (χ0) is 17.8. The Balaban J connectivity index is 1.69. The molecule has 0 bridgehead atoms. The quantitative estimate of drug-likeness (QED) is 0.672. The maximum absolute atomic E-state index is 12.3. The summed E-state index contributed by atoms with van der Waals surface area (Å²) in [7, 11) is 0. The summed E-state index contributed by atoms with van der Waals surface area (Å²) in [6, 6.07) is 11.3. The Morgan fingerprint density at radius 2 is 2.16 bits per heavy atom. The fourth-order valence-electron chi connectivity index (χ4n) is 2.70. The van der Waals surface area contributed by atoms with Crippen molar-refractivity contribution in [1.82, 2.24) is 0 Å². The van der Waals surface area contributed by atoms with Gasteiger partial charge >= 0.3 is 0 Å². The first-order valence-corrected chi connectivity index (χ1v) is 9.27. The minimum Gasteiger partial charge on any atom is -0.492 e. The van der Waals surface area contributed by atoms with Gasteiger partial charge in [0.15, 0.2) is 6.61 Å². The molecule has 0 saturated carbocycles. The van der Waals surface area contributed by atoms with E-state index in [1.54, 1.807) is 0 Å². The van der Waals surface area contributed by atoms with Crippen molar-refractivity contribution in [1.29, 1.82) is 0 Å². The third-order valence-corrected chi connectivity index (χ3v) is 4.41. The molecule has 0 radical (unpaired) electrons. The number of hydrogen-bond donors (Lipinski definition) is 1. The van der Waals surface area contributed by atoms with Crippen molar-refractivity contribution in [2.45, 2.75) is 26.4 Å². The minimum absolute atomic E-state index is 0.0694. The second-order valence-electron chi connectivity index (χ2n) is 5.82. The SMILES string of the molecule is CCOc1cc2c(cc1NC(=O)COc1cccc(I)c1)O[C@H](C)C2. The van der Waals surface area contributed by atoms with Crippen molar-refractivity contribution < 1.29 is 19.0 Å². The molecule has 0 unspecified atom stereocenters. The van der Waals surface area contributed by atoms with E-state index in [-0.39, 0.29) is 18.6 Å². The molecule has 1 N–H and O–H groups in total. The molecule has 1 heterocycles. The third-order valence-electron chi connectivity index (χ3n) is 3.74. The Kier molecular flexibility index (Phi) is 5.67. The first kappa shape index (κ1) is 17.8. The van der Waals surface area contributed by atoms with Crippen LogP contribution in [-0.2, 0) is 11.2 Å². The molecular formula is C19H20INO4. The largest absolute Gasteiger partial charge is 0.492 e. The molecule has 132 valence electrons. The van der Waals surface area contributed by atoms with Gasteiger partial charge in [0.2, 0.25) is 0 Å². The Bertz CT molecular complexity index is 778. The molecule has 2 aromatic carbocycles. The third kappa shape index (κ3) is 4.56. The number of halogens is 1. The molecule has 25 heavy (non-hydrogen) atoms. The van der Waals surface area contributed by atoms with E-state index in [0.717, 1.165) is 21.3 Å². The number of ether oxygens (including phenoxy) is 3. The minimum atomic E-state index is -0.245. The fraction of sp³-hybridized carbons (Fsp3) is 0.316. The van der Waals surface area contributed by atoms with E-state index in [9.17, 15) is 4.79 Å². The van der Waals surface area contributed by atoms with Crippen molar-refractivity contribution in [2.24, 2.45) is 0 Å². The van der Waals surface area contributed by atoms with Crippen LogP contribution < -0.4 is 19.5 Å². The number of hydrogen-bond acceptors (Lipinski definition) is 4. The average Bonchev–Trinajstić information content (AvgIpc) is 2.92. The lowest BCUT2D eigenvalue weighted by Crippen LogP contribution is -2.20. The first-order valence-electron chi connectivity index (χ1n) is 8.19. The highest BCUT2D eigenvalue weighted by molar-refractivity contribution is 14.1. The number of carbonyl (C=O) groups is 1. The zero-order valence-corrected chi connectivity index (χ0v) is 16.3. The highest BCUT2D eigenvalue weighted by atomic mass is 127. The van der Waals surface area contributed by atoms with E-state index in [1.165, 1.54) is 0 Å². The monoisotopic (exact) mass is 453 g/mol. The Morgan fingerprint density at radius 3 is 2.92 bits per heavy atom. The van der Waals surface area contributed by atoms with Gasteiger partial charge in [0.1, 0.15) is 23.4 Å². The molecule has 3 rings (SSSR count). The summed E-state index contributed by atoms with van der Waals surface area (Å²) in [6.07, 6.45) is 0.985. The molecule has 1 aliphatic heterocycles. The van der Waals surface area contributed by atoms with E-state index in [2.05, 4.69) is 27.9 Å². The van der Waals surface area contributed by atoms with Gasteiger partial charge in [0.25, 0.3) is 5.91 Å². The van der Waals surface area contributed by atoms with Crippen LogP contribution in [0, 0.1) is 3.57 Å². The van der Waals surface area contributed by atoms with Gasteiger partial charge in [-0.2, -0.15) is 0 Å². The number of nitrogens with one attached hydrogen (secondary N) is 1. The molecule has 1 amide bonds. The van der Waals surface area contributed by atoms with Gasteiger partial charge in [0.05, 0.1) is 12.3 Å². The lowest BCUT2D eigenvalue weighted by Gasteiger charge is -2.14. The molecule has 0 aromatic heterocycles. The van der Waals surface area contributed by atoms with Crippen LogP contribution in [0.15, 0.2) is 36.4 Å². The van der Waals surface area contributed by atoms with Gasteiger partial charge in [-0.3, -0.25) is 4.79 Å². The maximum atomic E-state index is 12.3. The number of fused-ring (bicyclic) bond motifs is 1. The van der Waals surface area contributed by atoms with Crippen molar-refractivity contribution in [3.8, 4) is 17.2 Å². The van der Waals surface area contributed by atoms with Crippen LogP contribution in [0.5, 0.6) is 17.2 Å². The van der Waals surface area contributed by atoms with Crippen LogP contribution in [0.1, 0.15) is 19.4 Å². The summed E-state index contributed by atoms with van der Waals surface area (Å²) >= 11 is 2.20. The van der Waals surface area contributed by atoms with E-state index >= 15 is 0 Å². The van der Waals surface area contributed by atoms with E-state index < -0.39 is 0 Å². The normalized spacial score (nSPS) is 15.2. The van der Waals surface area contributed by atoms with Crippen LogP contribution in [-0.4, -0.2) is 25.2 Å². The molecule has 6 heteroatoms. The topological polar surface area (TPSA) is 56.8 Å². The van der Waals surface area contributed by atoms with Gasteiger partial charge in [-0.05, 0) is 60.7 Å².